The standard InChI is InChI=1S/C19H14FN3O4S/c20-13-5-7-14(8-6-13)23-17(25)15(16(24)22-19(23)28)10-21-9-11-1-3-12(4-2-11)18(26)27/h1-8,10,15H,9H2,(H,26,27)(H,22,24,28)/p-1. The number of aromatic carboxylic acids is 1. The maximum Gasteiger partial charge on any atom is 0.251 e. The second-order valence-corrected chi connectivity index (χ2v) is 6.28. The fourth-order valence-corrected chi connectivity index (χ4v) is 2.86. The van der Waals surface area contributed by atoms with E-state index in [0.717, 1.165) is 4.90 Å². The highest BCUT2D eigenvalue weighted by Gasteiger charge is 2.38. The zero-order chi connectivity index (χ0) is 20.3. The molecular formula is C19H13FN3O4S-. The van der Waals surface area contributed by atoms with Crippen molar-refractivity contribution in [1.82, 2.24) is 5.32 Å². The number of thiocarbonyl (C=S) groups is 1. The number of hydrogen-bond donors (Lipinski definition) is 1. The van der Waals surface area contributed by atoms with Crippen molar-refractivity contribution in [2.24, 2.45) is 10.9 Å². The molecule has 9 heteroatoms. The second-order valence-electron chi connectivity index (χ2n) is 5.90. The first-order chi connectivity index (χ1) is 13.4. The fraction of sp³-hybridized carbons (Fsp3) is 0.105. The van der Waals surface area contributed by atoms with Crippen molar-refractivity contribution >= 4 is 47.0 Å². The molecule has 2 aromatic carbocycles. The number of hydrogen-bond acceptors (Lipinski definition) is 6. The number of rotatable bonds is 5. The van der Waals surface area contributed by atoms with E-state index in [-0.39, 0.29) is 17.2 Å². The number of carboxylic acids is 1. The normalized spacial score (nSPS) is 17.1. The molecule has 142 valence electrons. The van der Waals surface area contributed by atoms with E-state index in [1.54, 1.807) is 12.1 Å². The van der Waals surface area contributed by atoms with Crippen LogP contribution in [0.4, 0.5) is 10.1 Å². The van der Waals surface area contributed by atoms with Crippen LogP contribution in [0.15, 0.2) is 53.5 Å². The first-order valence-corrected chi connectivity index (χ1v) is 8.52. The van der Waals surface area contributed by atoms with Crippen molar-refractivity contribution in [3.8, 4) is 0 Å². The maximum absolute atomic E-state index is 13.1. The average molecular weight is 398 g/mol. The van der Waals surface area contributed by atoms with E-state index in [1.165, 1.54) is 42.6 Å². The molecular weight excluding hydrogens is 385 g/mol. The molecule has 0 spiro atoms. The third-order valence-corrected chi connectivity index (χ3v) is 4.29. The fourth-order valence-electron chi connectivity index (χ4n) is 2.57. The van der Waals surface area contributed by atoms with E-state index in [1.807, 2.05) is 0 Å². The zero-order valence-electron chi connectivity index (χ0n) is 14.3. The smallest absolute Gasteiger partial charge is 0.251 e. The number of carboxylic acid groups (broad SMARTS) is 1. The summed E-state index contributed by atoms with van der Waals surface area (Å²) in [7, 11) is 0. The van der Waals surface area contributed by atoms with Gasteiger partial charge in [0.05, 0.1) is 18.2 Å². The van der Waals surface area contributed by atoms with E-state index >= 15 is 0 Å². The molecule has 0 aromatic heterocycles. The van der Waals surface area contributed by atoms with Gasteiger partial charge in [-0.1, -0.05) is 24.3 Å². The average Bonchev–Trinajstić information content (AvgIpc) is 2.66. The van der Waals surface area contributed by atoms with Gasteiger partial charge in [0.2, 0.25) is 5.91 Å². The predicted octanol–water partition coefficient (Wildman–Crippen LogP) is 0.824. The van der Waals surface area contributed by atoms with Gasteiger partial charge in [0.1, 0.15) is 5.82 Å². The van der Waals surface area contributed by atoms with Gasteiger partial charge < -0.3 is 15.2 Å². The van der Waals surface area contributed by atoms with Crippen LogP contribution in [0.25, 0.3) is 0 Å². The second kappa shape index (κ2) is 8.05. The monoisotopic (exact) mass is 398 g/mol. The van der Waals surface area contributed by atoms with Crippen LogP contribution in [-0.4, -0.2) is 29.1 Å². The molecule has 1 fully saturated rings. The van der Waals surface area contributed by atoms with E-state index in [2.05, 4.69) is 10.3 Å². The maximum atomic E-state index is 13.1. The number of carbonyl (C=O) groups is 3. The van der Waals surface area contributed by atoms with Crippen LogP contribution in [0.1, 0.15) is 15.9 Å². The van der Waals surface area contributed by atoms with Crippen LogP contribution in [0, 0.1) is 11.7 Å². The van der Waals surface area contributed by atoms with E-state index < -0.39 is 29.5 Å². The lowest BCUT2D eigenvalue weighted by atomic mass is 10.1. The molecule has 1 atom stereocenters. The lowest BCUT2D eigenvalue weighted by Crippen LogP contribution is -2.58. The Morgan fingerprint density at radius 1 is 1.18 bits per heavy atom. The van der Waals surface area contributed by atoms with Crippen LogP contribution in [0.3, 0.4) is 0 Å². The number of nitrogens with one attached hydrogen (secondary N) is 1. The summed E-state index contributed by atoms with van der Waals surface area (Å²) >= 11 is 5.05. The SMILES string of the molecule is O=C([O-])c1ccc(CN=CC2C(=O)NC(=S)N(c3ccc(F)cc3)C2=O)cc1. The third-order valence-electron chi connectivity index (χ3n) is 4.00. The van der Waals surface area contributed by atoms with Gasteiger partial charge in [-0.05, 0) is 47.6 Å². The van der Waals surface area contributed by atoms with Crippen molar-refractivity contribution in [3.63, 3.8) is 0 Å². The molecule has 7 nitrogen and oxygen atoms in total. The summed E-state index contributed by atoms with van der Waals surface area (Å²) in [5.74, 6) is -4.15. The van der Waals surface area contributed by atoms with Crippen LogP contribution in [-0.2, 0) is 16.1 Å². The molecule has 0 aliphatic carbocycles. The van der Waals surface area contributed by atoms with E-state index in [0.29, 0.717) is 11.3 Å². The van der Waals surface area contributed by atoms with Gasteiger partial charge in [0, 0.05) is 6.21 Å². The molecule has 0 radical (unpaired) electrons. The van der Waals surface area contributed by atoms with Crippen molar-refractivity contribution in [3.05, 3.63) is 65.5 Å². The quantitative estimate of drug-likeness (QED) is 0.457. The van der Waals surface area contributed by atoms with Crippen molar-refractivity contribution < 1.29 is 23.9 Å². The Hall–Kier alpha value is -3.46. The Morgan fingerprint density at radius 3 is 2.43 bits per heavy atom. The molecule has 1 saturated heterocycles. The minimum Gasteiger partial charge on any atom is -0.545 e. The zero-order valence-corrected chi connectivity index (χ0v) is 15.1. The lowest BCUT2D eigenvalue weighted by molar-refractivity contribution is -0.255. The van der Waals surface area contributed by atoms with Gasteiger partial charge in [-0.2, -0.15) is 0 Å². The third kappa shape index (κ3) is 4.09. The van der Waals surface area contributed by atoms with E-state index in [9.17, 15) is 23.9 Å². The Balaban J connectivity index is 1.74. The molecule has 1 aliphatic heterocycles. The summed E-state index contributed by atoms with van der Waals surface area (Å²) in [5.41, 5.74) is 1.06. The largest absolute Gasteiger partial charge is 0.545 e. The lowest BCUT2D eigenvalue weighted by Gasteiger charge is -2.30. The van der Waals surface area contributed by atoms with Crippen molar-refractivity contribution in [2.45, 2.75) is 6.54 Å². The number of nitrogens with zero attached hydrogens (tertiary/aromatic N) is 2. The molecule has 2 amide bonds. The Morgan fingerprint density at radius 2 is 1.82 bits per heavy atom. The highest BCUT2D eigenvalue weighted by atomic mass is 32.1. The van der Waals surface area contributed by atoms with Gasteiger partial charge in [0.15, 0.2) is 11.0 Å². The molecule has 2 aromatic rings. The molecule has 3 rings (SSSR count). The van der Waals surface area contributed by atoms with Gasteiger partial charge in [0.25, 0.3) is 5.91 Å². The molecule has 28 heavy (non-hydrogen) atoms. The number of halogens is 1. The van der Waals surface area contributed by atoms with Gasteiger partial charge in [-0.15, -0.1) is 0 Å². The number of amides is 2. The summed E-state index contributed by atoms with van der Waals surface area (Å²) in [6.45, 7) is 0.144. The molecule has 1 N–H and O–H groups in total. The van der Waals surface area contributed by atoms with Crippen LogP contribution >= 0.6 is 12.2 Å². The molecule has 1 aliphatic rings. The molecule has 0 bridgehead atoms. The summed E-state index contributed by atoms with van der Waals surface area (Å²) in [6.07, 6.45) is 1.21. The van der Waals surface area contributed by atoms with Crippen molar-refractivity contribution in [2.75, 3.05) is 4.90 Å². The summed E-state index contributed by atoms with van der Waals surface area (Å²) < 4.78 is 13.1. The minimum absolute atomic E-state index is 0.0398. The summed E-state index contributed by atoms with van der Waals surface area (Å²) in [6, 6.07) is 11.0. The van der Waals surface area contributed by atoms with E-state index in [4.69, 9.17) is 12.2 Å². The molecule has 1 heterocycles. The number of carbonyl (C=O) groups excluding carboxylic acids is 3. The van der Waals surface area contributed by atoms with Crippen LogP contribution in [0.2, 0.25) is 0 Å². The van der Waals surface area contributed by atoms with Crippen LogP contribution in [0.5, 0.6) is 0 Å². The number of anilines is 1. The number of aliphatic imine (C=N–C) groups is 1. The first-order valence-electron chi connectivity index (χ1n) is 8.11. The first kappa shape index (κ1) is 19.3. The minimum atomic E-state index is -1.28. The number of benzene rings is 2. The highest BCUT2D eigenvalue weighted by molar-refractivity contribution is 7.80. The summed E-state index contributed by atoms with van der Waals surface area (Å²) in [5, 5.41) is 13.1. The predicted molar refractivity (Wildman–Crippen MR) is 101 cm³/mol. The Labute approximate surface area is 164 Å². The Bertz CT molecular complexity index is 974. The van der Waals surface area contributed by atoms with Crippen molar-refractivity contribution in [1.29, 1.82) is 0 Å². The summed E-state index contributed by atoms with van der Waals surface area (Å²) in [4.78, 5) is 40.8. The highest BCUT2D eigenvalue weighted by Crippen LogP contribution is 2.20. The topological polar surface area (TPSA) is 102 Å². The van der Waals surface area contributed by atoms with Gasteiger partial charge >= 0.3 is 0 Å². The Kier molecular flexibility index (Phi) is 5.55. The van der Waals surface area contributed by atoms with Crippen LogP contribution < -0.4 is 15.3 Å². The molecule has 0 saturated carbocycles. The van der Waals surface area contributed by atoms with Gasteiger partial charge in [-0.25, -0.2) is 4.39 Å². The molecule has 1 unspecified atom stereocenters. The van der Waals surface area contributed by atoms with Gasteiger partial charge in [-0.3, -0.25) is 19.5 Å².